The Morgan fingerprint density at radius 2 is 1.13 bits per heavy atom. The van der Waals surface area contributed by atoms with Gasteiger partial charge in [0.1, 0.15) is 6.61 Å². The number of hydrogen-bond acceptors (Lipinski definition) is 8. The molecular weight excluding hydrogens is 617 g/mol. The number of hydrogen-bond donors (Lipinski definition) is 2. The van der Waals surface area contributed by atoms with Crippen LogP contribution in [0.4, 0.5) is 0 Å². The first kappa shape index (κ1) is 45.2. The molecule has 2 atom stereocenters. The van der Waals surface area contributed by atoms with Crippen molar-refractivity contribution in [2.24, 2.45) is 5.73 Å². The highest BCUT2D eigenvalue weighted by molar-refractivity contribution is 7.47. The van der Waals surface area contributed by atoms with Gasteiger partial charge in [0, 0.05) is 19.4 Å². The van der Waals surface area contributed by atoms with Crippen molar-refractivity contribution in [2.45, 2.75) is 161 Å². The molecule has 0 rings (SSSR count). The predicted molar refractivity (Wildman–Crippen MR) is 192 cm³/mol. The number of unbranched alkanes of at least 4 members (excludes halogenated alkanes) is 15. The van der Waals surface area contributed by atoms with Crippen LogP contribution in [0, 0.1) is 0 Å². The highest BCUT2D eigenvalue weighted by Crippen LogP contribution is 2.43. The molecule has 0 fully saturated rings. The van der Waals surface area contributed by atoms with E-state index in [4.69, 9.17) is 24.3 Å². The molecule has 0 saturated carbocycles. The maximum Gasteiger partial charge on any atom is 0.472 e. The summed E-state index contributed by atoms with van der Waals surface area (Å²) >= 11 is 0. The van der Waals surface area contributed by atoms with E-state index in [2.05, 4.69) is 44.2 Å². The van der Waals surface area contributed by atoms with Gasteiger partial charge in [-0.1, -0.05) is 134 Å². The lowest BCUT2D eigenvalue weighted by atomic mass is 10.1. The van der Waals surface area contributed by atoms with Crippen molar-refractivity contribution in [3.05, 3.63) is 36.5 Å². The minimum Gasteiger partial charge on any atom is -0.462 e. The molecule has 9 nitrogen and oxygen atoms in total. The van der Waals surface area contributed by atoms with E-state index in [0.717, 1.165) is 44.9 Å². The minimum absolute atomic E-state index is 0.0459. The Bertz CT molecular complexity index is 876. The lowest BCUT2D eigenvalue weighted by Gasteiger charge is -2.19. The zero-order valence-electron chi connectivity index (χ0n) is 29.8. The fourth-order valence-electron chi connectivity index (χ4n) is 4.77. The third-order valence-corrected chi connectivity index (χ3v) is 8.51. The van der Waals surface area contributed by atoms with E-state index in [1.165, 1.54) is 77.0 Å². The highest BCUT2D eigenvalue weighted by atomic mass is 31.2. The molecule has 47 heavy (non-hydrogen) atoms. The van der Waals surface area contributed by atoms with Gasteiger partial charge in [-0.2, -0.15) is 0 Å². The van der Waals surface area contributed by atoms with E-state index in [9.17, 15) is 19.0 Å². The summed E-state index contributed by atoms with van der Waals surface area (Å²) in [6.45, 7) is 3.62. The number of nitrogens with two attached hydrogens (primary N) is 1. The molecule has 0 bridgehead atoms. The molecule has 0 aromatic carbocycles. The van der Waals surface area contributed by atoms with E-state index >= 15 is 0 Å². The quantitative estimate of drug-likeness (QED) is 0.0294. The Morgan fingerprint density at radius 1 is 0.638 bits per heavy atom. The molecule has 0 spiro atoms. The van der Waals surface area contributed by atoms with Gasteiger partial charge in [0.15, 0.2) is 6.10 Å². The summed E-state index contributed by atoms with van der Waals surface area (Å²) < 4.78 is 32.5. The third kappa shape index (κ3) is 33.9. The topological polar surface area (TPSA) is 134 Å². The van der Waals surface area contributed by atoms with Crippen molar-refractivity contribution in [3.63, 3.8) is 0 Å². The summed E-state index contributed by atoms with van der Waals surface area (Å²) in [5.41, 5.74) is 5.32. The molecule has 0 radical (unpaired) electrons. The van der Waals surface area contributed by atoms with Crippen LogP contribution in [0.5, 0.6) is 0 Å². The molecule has 0 aromatic rings. The maximum atomic E-state index is 12.5. The van der Waals surface area contributed by atoms with Crippen LogP contribution in [-0.4, -0.2) is 49.3 Å². The zero-order chi connectivity index (χ0) is 34.7. The number of ether oxygens (including phenoxy) is 2. The molecule has 0 heterocycles. The average molecular weight is 686 g/mol. The van der Waals surface area contributed by atoms with Crippen LogP contribution >= 0.6 is 7.82 Å². The Labute approximate surface area is 286 Å². The standard InChI is InChI=1S/C37H68NO8P/c1-3-5-7-9-11-13-14-15-16-17-18-19-20-22-24-26-28-30-37(40)46-35(34-45-47(41,42)44-32-31-38)33-43-36(39)29-27-25-23-21-12-10-8-6-4-2/h15-16,18-19,22,24,35H,3-14,17,20-21,23,25-34,38H2,1-2H3,(H,41,42)/b16-15+,19-18+,24-22+/t35-/m1/s1. The van der Waals surface area contributed by atoms with E-state index in [1.54, 1.807) is 0 Å². The lowest BCUT2D eigenvalue weighted by molar-refractivity contribution is -0.161. The number of phosphoric ester groups is 1. The molecule has 10 heteroatoms. The number of phosphoric acid groups is 1. The van der Waals surface area contributed by atoms with Crippen LogP contribution < -0.4 is 5.73 Å². The molecule has 0 aliphatic rings. The normalized spacial score (nSPS) is 13.9. The SMILES string of the molecule is CCCCCCCC/C=C/C/C=C/C/C=C/CCCC(=O)O[C@H](COC(=O)CCCCCCCCCCC)COP(=O)(O)OCCN. The zero-order valence-corrected chi connectivity index (χ0v) is 30.7. The van der Waals surface area contributed by atoms with Crippen LogP contribution in [0.3, 0.4) is 0 Å². The predicted octanol–water partition coefficient (Wildman–Crippen LogP) is 9.82. The van der Waals surface area contributed by atoms with Gasteiger partial charge in [-0.15, -0.1) is 0 Å². The number of carbonyl (C=O) groups excluding carboxylic acids is 2. The van der Waals surface area contributed by atoms with Crippen molar-refractivity contribution < 1.29 is 37.6 Å². The van der Waals surface area contributed by atoms with Gasteiger partial charge in [0.2, 0.25) is 0 Å². The van der Waals surface area contributed by atoms with Gasteiger partial charge in [-0.25, -0.2) is 4.57 Å². The minimum atomic E-state index is -4.38. The van der Waals surface area contributed by atoms with Gasteiger partial charge >= 0.3 is 19.8 Å². The van der Waals surface area contributed by atoms with Gasteiger partial charge < -0.3 is 20.1 Å². The fourth-order valence-corrected chi connectivity index (χ4v) is 5.53. The molecule has 0 amide bonds. The maximum absolute atomic E-state index is 12.5. The molecule has 0 aromatic heterocycles. The number of esters is 2. The first-order valence-electron chi connectivity index (χ1n) is 18.5. The van der Waals surface area contributed by atoms with Crippen LogP contribution in [0.1, 0.15) is 155 Å². The molecule has 0 saturated heterocycles. The van der Waals surface area contributed by atoms with Crippen LogP contribution in [0.25, 0.3) is 0 Å². The molecule has 0 aliphatic heterocycles. The van der Waals surface area contributed by atoms with E-state index in [0.29, 0.717) is 6.42 Å². The summed E-state index contributed by atoms with van der Waals surface area (Å²) in [6, 6.07) is 0. The second-order valence-corrected chi connectivity index (χ2v) is 13.5. The van der Waals surface area contributed by atoms with Gasteiger partial charge in [0.05, 0.1) is 13.2 Å². The van der Waals surface area contributed by atoms with Crippen molar-refractivity contribution >= 4 is 19.8 Å². The molecule has 3 N–H and O–H groups in total. The van der Waals surface area contributed by atoms with E-state index < -0.39 is 32.5 Å². The van der Waals surface area contributed by atoms with E-state index in [1.807, 2.05) is 6.08 Å². The Balaban J connectivity index is 4.32. The van der Waals surface area contributed by atoms with Crippen LogP contribution in [0.15, 0.2) is 36.5 Å². The molecule has 1 unspecified atom stereocenters. The molecular formula is C37H68NO8P. The summed E-state index contributed by atoms with van der Waals surface area (Å²) in [4.78, 5) is 34.5. The number of carbonyl (C=O) groups is 2. The number of rotatable bonds is 34. The average Bonchev–Trinajstić information content (AvgIpc) is 3.05. The monoisotopic (exact) mass is 685 g/mol. The first-order valence-corrected chi connectivity index (χ1v) is 20.0. The largest absolute Gasteiger partial charge is 0.472 e. The van der Waals surface area contributed by atoms with Gasteiger partial charge in [0.25, 0.3) is 0 Å². The summed E-state index contributed by atoms with van der Waals surface area (Å²) in [7, 11) is -4.38. The van der Waals surface area contributed by atoms with Gasteiger partial charge in [-0.05, 0) is 44.9 Å². The van der Waals surface area contributed by atoms with Crippen LogP contribution in [0.2, 0.25) is 0 Å². The molecule has 0 aliphatic carbocycles. The first-order chi connectivity index (χ1) is 22.8. The van der Waals surface area contributed by atoms with Crippen molar-refractivity contribution in [1.29, 1.82) is 0 Å². The highest BCUT2D eigenvalue weighted by Gasteiger charge is 2.25. The van der Waals surface area contributed by atoms with Crippen LogP contribution in [-0.2, 0) is 32.7 Å². The Kier molecular flexibility index (Phi) is 32.8. The summed E-state index contributed by atoms with van der Waals surface area (Å²) in [5, 5.41) is 0. The Hall–Kier alpha value is -1.77. The van der Waals surface area contributed by atoms with Crippen molar-refractivity contribution in [2.75, 3.05) is 26.4 Å². The third-order valence-electron chi connectivity index (χ3n) is 7.53. The van der Waals surface area contributed by atoms with Crippen molar-refractivity contribution in [3.8, 4) is 0 Å². The summed E-state index contributed by atoms with van der Waals surface area (Å²) in [6.07, 6.45) is 34.8. The van der Waals surface area contributed by atoms with E-state index in [-0.39, 0.29) is 32.6 Å². The smallest absolute Gasteiger partial charge is 0.462 e. The number of allylic oxidation sites excluding steroid dienone is 6. The van der Waals surface area contributed by atoms with Gasteiger partial charge in [-0.3, -0.25) is 18.6 Å². The lowest BCUT2D eigenvalue weighted by Crippen LogP contribution is -2.29. The second-order valence-electron chi connectivity index (χ2n) is 12.1. The summed E-state index contributed by atoms with van der Waals surface area (Å²) in [5.74, 6) is -0.894. The molecule has 274 valence electrons. The van der Waals surface area contributed by atoms with Crippen molar-refractivity contribution in [1.82, 2.24) is 0 Å². The Morgan fingerprint density at radius 3 is 1.70 bits per heavy atom. The second kappa shape index (κ2) is 34.1. The fraction of sp³-hybridized carbons (Fsp3) is 0.784.